The van der Waals surface area contributed by atoms with Crippen LogP contribution in [0.25, 0.3) is 22.0 Å². The van der Waals surface area contributed by atoms with Gasteiger partial charge in [0.2, 0.25) is 0 Å². The largest absolute Gasteiger partial charge is 0.497 e. The van der Waals surface area contributed by atoms with E-state index in [0.717, 1.165) is 23.1 Å². The molecule has 0 radical (unpaired) electrons. The van der Waals surface area contributed by atoms with Gasteiger partial charge in [-0.3, -0.25) is 4.98 Å². The predicted octanol–water partition coefficient (Wildman–Crippen LogP) is 5.50. The quantitative estimate of drug-likeness (QED) is 0.494. The molecule has 0 amide bonds. The SMILES string of the molecule is COc1ccc2nccc(Cc3cccc(-c4ccccc4)c3)c2c1. The minimum absolute atomic E-state index is 0.861. The smallest absolute Gasteiger partial charge is 0.119 e. The lowest BCUT2D eigenvalue weighted by molar-refractivity contribution is 0.415. The number of pyridine rings is 1. The van der Waals surface area contributed by atoms with Gasteiger partial charge in [-0.2, -0.15) is 0 Å². The fourth-order valence-corrected chi connectivity index (χ4v) is 3.17. The maximum absolute atomic E-state index is 5.38. The number of fused-ring (bicyclic) bond motifs is 1. The number of methoxy groups -OCH3 is 1. The maximum atomic E-state index is 5.38. The highest BCUT2D eigenvalue weighted by atomic mass is 16.5. The second-order valence-corrected chi connectivity index (χ2v) is 6.10. The molecule has 4 aromatic rings. The molecule has 2 nitrogen and oxygen atoms in total. The molecule has 0 aliphatic carbocycles. The third-order valence-electron chi connectivity index (χ3n) is 4.47. The average molecular weight is 325 g/mol. The molecule has 0 bridgehead atoms. The molecule has 0 N–H and O–H groups in total. The molecule has 2 heteroatoms. The molecule has 0 saturated carbocycles. The van der Waals surface area contributed by atoms with Gasteiger partial charge in [0.1, 0.15) is 5.75 Å². The maximum Gasteiger partial charge on any atom is 0.119 e. The first-order valence-electron chi connectivity index (χ1n) is 8.39. The van der Waals surface area contributed by atoms with Crippen molar-refractivity contribution in [2.24, 2.45) is 0 Å². The van der Waals surface area contributed by atoms with Crippen molar-refractivity contribution in [2.45, 2.75) is 6.42 Å². The van der Waals surface area contributed by atoms with Crippen molar-refractivity contribution in [2.75, 3.05) is 7.11 Å². The number of nitrogens with zero attached hydrogens (tertiary/aromatic N) is 1. The van der Waals surface area contributed by atoms with Crippen LogP contribution in [0, 0.1) is 0 Å². The van der Waals surface area contributed by atoms with Crippen LogP contribution in [0.15, 0.2) is 85.1 Å². The third kappa shape index (κ3) is 3.24. The Morgan fingerprint density at radius 3 is 2.48 bits per heavy atom. The van der Waals surface area contributed by atoms with E-state index in [1.54, 1.807) is 7.11 Å². The highest BCUT2D eigenvalue weighted by Crippen LogP contribution is 2.26. The molecular formula is C23H19NO. The molecule has 0 saturated heterocycles. The lowest BCUT2D eigenvalue weighted by Gasteiger charge is -2.09. The summed E-state index contributed by atoms with van der Waals surface area (Å²) in [5, 5.41) is 1.15. The summed E-state index contributed by atoms with van der Waals surface area (Å²) in [6.07, 6.45) is 2.75. The van der Waals surface area contributed by atoms with Gasteiger partial charge in [0.05, 0.1) is 12.6 Å². The monoisotopic (exact) mass is 325 g/mol. The van der Waals surface area contributed by atoms with Crippen molar-refractivity contribution in [1.29, 1.82) is 0 Å². The summed E-state index contributed by atoms with van der Waals surface area (Å²) in [6.45, 7) is 0. The first-order valence-corrected chi connectivity index (χ1v) is 8.39. The zero-order chi connectivity index (χ0) is 17.1. The normalized spacial score (nSPS) is 10.8. The Bertz CT molecular complexity index is 1010. The second kappa shape index (κ2) is 6.78. The number of hydrogen-bond acceptors (Lipinski definition) is 2. The molecule has 3 aromatic carbocycles. The molecule has 0 aliphatic heterocycles. The second-order valence-electron chi connectivity index (χ2n) is 6.10. The zero-order valence-corrected chi connectivity index (χ0v) is 14.1. The molecule has 1 aromatic heterocycles. The molecule has 0 unspecified atom stereocenters. The lowest BCUT2D eigenvalue weighted by atomic mass is 9.97. The van der Waals surface area contributed by atoms with E-state index >= 15 is 0 Å². The molecule has 1 heterocycles. The molecule has 122 valence electrons. The van der Waals surface area contributed by atoms with Crippen LogP contribution >= 0.6 is 0 Å². The van der Waals surface area contributed by atoms with E-state index in [2.05, 4.69) is 65.6 Å². The summed E-state index contributed by atoms with van der Waals surface area (Å²) >= 11 is 0. The summed E-state index contributed by atoms with van der Waals surface area (Å²) in [6, 6.07) is 27.3. The van der Waals surface area contributed by atoms with Gasteiger partial charge >= 0.3 is 0 Å². The molecule has 25 heavy (non-hydrogen) atoms. The highest BCUT2D eigenvalue weighted by Gasteiger charge is 2.06. The Balaban J connectivity index is 1.72. The Morgan fingerprint density at radius 1 is 0.800 bits per heavy atom. The zero-order valence-electron chi connectivity index (χ0n) is 14.1. The minimum Gasteiger partial charge on any atom is -0.497 e. The van der Waals surface area contributed by atoms with Crippen LogP contribution in [0.2, 0.25) is 0 Å². The fraction of sp³-hybridized carbons (Fsp3) is 0.0870. The molecule has 0 atom stereocenters. The summed E-state index contributed by atoms with van der Waals surface area (Å²) in [5.41, 5.74) is 6.03. The Labute approximate surface area is 147 Å². The minimum atomic E-state index is 0.861. The van der Waals surface area contributed by atoms with Gasteiger partial charge in [-0.25, -0.2) is 0 Å². The molecule has 0 spiro atoms. The third-order valence-corrected chi connectivity index (χ3v) is 4.47. The van der Waals surface area contributed by atoms with Gasteiger partial charge in [-0.1, -0.05) is 54.6 Å². The first kappa shape index (κ1) is 15.4. The molecular weight excluding hydrogens is 306 g/mol. The van der Waals surface area contributed by atoms with Gasteiger partial charge in [0.25, 0.3) is 0 Å². The van der Waals surface area contributed by atoms with Gasteiger partial charge in [-0.15, -0.1) is 0 Å². The Morgan fingerprint density at radius 2 is 1.64 bits per heavy atom. The number of rotatable bonds is 4. The van der Waals surface area contributed by atoms with E-state index in [1.807, 2.05) is 24.4 Å². The van der Waals surface area contributed by atoms with Crippen molar-refractivity contribution in [3.63, 3.8) is 0 Å². The van der Waals surface area contributed by atoms with E-state index in [1.165, 1.54) is 22.3 Å². The van der Waals surface area contributed by atoms with Crippen molar-refractivity contribution in [3.8, 4) is 16.9 Å². The Kier molecular flexibility index (Phi) is 4.17. The van der Waals surface area contributed by atoms with Crippen LogP contribution in [0.5, 0.6) is 5.75 Å². The van der Waals surface area contributed by atoms with E-state index < -0.39 is 0 Å². The molecule has 4 rings (SSSR count). The number of hydrogen-bond donors (Lipinski definition) is 0. The Hall–Kier alpha value is -3.13. The van der Waals surface area contributed by atoms with Gasteiger partial charge in [0, 0.05) is 11.6 Å². The predicted molar refractivity (Wildman–Crippen MR) is 103 cm³/mol. The summed E-state index contributed by atoms with van der Waals surface area (Å²) in [7, 11) is 1.69. The van der Waals surface area contributed by atoms with E-state index in [9.17, 15) is 0 Å². The number of aromatic nitrogens is 1. The van der Waals surface area contributed by atoms with Crippen LogP contribution in [0.4, 0.5) is 0 Å². The van der Waals surface area contributed by atoms with Crippen LogP contribution in [-0.2, 0) is 6.42 Å². The van der Waals surface area contributed by atoms with Crippen molar-refractivity contribution >= 4 is 10.9 Å². The first-order chi connectivity index (χ1) is 12.3. The van der Waals surface area contributed by atoms with E-state index in [4.69, 9.17) is 4.74 Å². The van der Waals surface area contributed by atoms with Crippen LogP contribution in [0.3, 0.4) is 0 Å². The summed E-state index contributed by atoms with van der Waals surface area (Å²) in [5.74, 6) is 0.861. The topological polar surface area (TPSA) is 22.1 Å². The van der Waals surface area contributed by atoms with Crippen molar-refractivity contribution in [1.82, 2.24) is 4.98 Å². The fourth-order valence-electron chi connectivity index (χ4n) is 3.17. The van der Waals surface area contributed by atoms with Gasteiger partial charge in [0.15, 0.2) is 0 Å². The molecule has 0 fully saturated rings. The van der Waals surface area contributed by atoms with Gasteiger partial charge < -0.3 is 4.74 Å². The summed E-state index contributed by atoms with van der Waals surface area (Å²) in [4.78, 5) is 4.47. The van der Waals surface area contributed by atoms with Crippen molar-refractivity contribution < 1.29 is 4.74 Å². The van der Waals surface area contributed by atoms with Crippen LogP contribution in [0.1, 0.15) is 11.1 Å². The average Bonchev–Trinajstić information content (AvgIpc) is 2.69. The van der Waals surface area contributed by atoms with E-state index in [0.29, 0.717) is 0 Å². The van der Waals surface area contributed by atoms with Crippen molar-refractivity contribution in [3.05, 3.63) is 96.2 Å². The van der Waals surface area contributed by atoms with Crippen LogP contribution < -0.4 is 4.74 Å². The van der Waals surface area contributed by atoms with Crippen LogP contribution in [-0.4, -0.2) is 12.1 Å². The summed E-state index contributed by atoms with van der Waals surface area (Å²) < 4.78 is 5.38. The van der Waals surface area contributed by atoms with E-state index in [-0.39, 0.29) is 0 Å². The number of ether oxygens (including phenoxy) is 1. The van der Waals surface area contributed by atoms with Gasteiger partial charge in [-0.05, 0) is 52.9 Å². The lowest BCUT2D eigenvalue weighted by Crippen LogP contribution is -1.93. The number of benzene rings is 3. The standard InChI is InChI=1S/C23H19NO/c1-25-21-10-11-23-22(16-21)20(12-13-24-23)15-17-6-5-9-19(14-17)18-7-3-2-4-8-18/h2-14,16H,15H2,1H3. The highest BCUT2D eigenvalue weighted by molar-refractivity contribution is 5.83. The molecule has 0 aliphatic rings.